The van der Waals surface area contributed by atoms with Gasteiger partial charge in [0.15, 0.2) is 0 Å². The number of hydrogen-bond donors (Lipinski definition) is 0. The summed E-state index contributed by atoms with van der Waals surface area (Å²) in [6.07, 6.45) is 0. The second-order valence-electron chi connectivity index (χ2n) is 2.31. The average Bonchev–Trinajstić information content (AvgIpc) is 2.04. The van der Waals surface area contributed by atoms with Gasteiger partial charge in [-0.3, -0.25) is 4.99 Å². The molecule has 0 saturated heterocycles. The van der Waals surface area contributed by atoms with E-state index in [9.17, 15) is 0 Å². The monoisotopic (exact) mass is 165 g/mol. The topological polar surface area (TPSA) is 12.4 Å². The fraction of sp³-hybridized carbons (Fsp3) is 0.222. The summed E-state index contributed by atoms with van der Waals surface area (Å²) in [7, 11) is 0. The smallest absolute Gasteiger partial charge is 0.0882 e. The van der Waals surface area contributed by atoms with Gasteiger partial charge in [-0.25, -0.2) is 0 Å². The SMILES string of the molecule is C=NCSc1ccc(C)cc1. The predicted molar refractivity (Wildman–Crippen MR) is 51.5 cm³/mol. The molecule has 0 N–H and O–H groups in total. The molecule has 0 saturated carbocycles. The normalized spacial score (nSPS) is 9.55. The predicted octanol–water partition coefficient (Wildman–Crippen LogP) is 2.75. The standard InChI is InChI=1S/C9H11NS/c1-8-3-5-9(6-4-8)11-7-10-2/h3-6H,2,7H2,1H3. The van der Waals surface area contributed by atoms with Crippen LogP contribution in [0.25, 0.3) is 0 Å². The third-order valence-corrected chi connectivity index (χ3v) is 2.26. The lowest BCUT2D eigenvalue weighted by Gasteiger charge is -1.97. The van der Waals surface area contributed by atoms with Crippen molar-refractivity contribution in [1.29, 1.82) is 0 Å². The van der Waals surface area contributed by atoms with Crippen molar-refractivity contribution < 1.29 is 0 Å². The molecule has 0 unspecified atom stereocenters. The van der Waals surface area contributed by atoms with Crippen LogP contribution in [0.1, 0.15) is 5.56 Å². The summed E-state index contributed by atoms with van der Waals surface area (Å²) >= 11 is 1.70. The summed E-state index contributed by atoms with van der Waals surface area (Å²) < 4.78 is 0. The van der Waals surface area contributed by atoms with Gasteiger partial charge in [0.25, 0.3) is 0 Å². The first-order chi connectivity index (χ1) is 5.33. The molecule has 58 valence electrons. The van der Waals surface area contributed by atoms with E-state index in [0.29, 0.717) is 0 Å². The van der Waals surface area contributed by atoms with Gasteiger partial charge in [0.1, 0.15) is 0 Å². The second kappa shape index (κ2) is 4.19. The van der Waals surface area contributed by atoms with Crippen LogP contribution in [0.4, 0.5) is 0 Å². The molecule has 0 fully saturated rings. The molecule has 1 rings (SSSR count). The molecule has 1 nitrogen and oxygen atoms in total. The molecule has 0 aliphatic heterocycles. The van der Waals surface area contributed by atoms with E-state index in [1.807, 2.05) is 0 Å². The van der Waals surface area contributed by atoms with Gasteiger partial charge in [-0.2, -0.15) is 0 Å². The fourth-order valence-corrected chi connectivity index (χ4v) is 1.32. The Morgan fingerprint density at radius 3 is 2.55 bits per heavy atom. The van der Waals surface area contributed by atoms with E-state index in [-0.39, 0.29) is 0 Å². The molecule has 0 heterocycles. The quantitative estimate of drug-likeness (QED) is 0.495. The van der Waals surface area contributed by atoms with E-state index in [4.69, 9.17) is 0 Å². The van der Waals surface area contributed by atoms with Crippen molar-refractivity contribution in [3.8, 4) is 0 Å². The molecule has 0 atom stereocenters. The number of aryl methyl sites for hydroxylation is 1. The van der Waals surface area contributed by atoms with Crippen molar-refractivity contribution in [2.45, 2.75) is 11.8 Å². The first kappa shape index (κ1) is 8.34. The summed E-state index contributed by atoms with van der Waals surface area (Å²) in [5.74, 6) is 0.739. The van der Waals surface area contributed by atoms with Crippen molar-refractivity contribution in [1.82, 2.24) is 0 Å². The molecule has 1 aromatic carbocycles. The molecule has 0 amide bonds. The largest absolute Gasteiger partial charge is 0.290 e. The number of hydrogen-bond acceptors (Lipinski definition) is 2. The zero-order valence-corrected chi connectivity index (χ0v) is 7.40. The molecule has 0 aliphatic carbocycles. The van der Waals surface area contributed by atoms with Crippen LogP contribution in [0, 0.1) is 6.92 Å². The van der Waals surface area contributed by atoms with Crippen LogP contribution in [0.2, 0.25) is 0 Å². The lowest BCUT2D eigenvalue weighted by Crippen LogP contribution is -1.74. The Balaban J connectivity index is 2.58. The van der Waals surface area contributed by atoms with E-state index in [2.05, 4.69) is 42.9 Å². The van der Waals surface area contributed by atoms with E-state index >= 15 is 0 Å². The van der Waals surface area contributed by atoms with Gasteiger partial charge in [0.05, 0.1) is 5.88 Å². The third kappa shape index (κ3) is 2.76. The lowest BCUT2D eigenvalue weighted by molar-refractivity contribution is 1.35. The van der Waals surface area contributed by atoms with Gasteiger partial charge in [0, 0.05) is 4.90 Å². The summed E-state index contributed by atoms with van der Waals surface area (Å²) in [6.45, 7) is 5.51. The minimum Gasteiger partial charge on any atom is -0.290 e. The van der Waals surface area contributed by atoms with Crippen molar-refractivity contribution in [2.24, 2.45) is 4.99 Å². The minimum atomic E-state index is 0.739. The molecule has 1 aromatic rings. The number of rotatable bonds is 3. The van der Waals surface area contributed by atoms with E-state index in [1.165, 1.54) is 10.5 Å². The maximum Gasteiger partial charge on any atom is 0.0882 e. The highest BCUT2D eigenvalue weighted by Crippen LogP contribution is 2.17. The van der Waals surface area contributed by atoms with Crippen LogP contribution >= 0.6 is 11.8 Å². The zero-order chi connectivity index (χ0) is 8.10. The van der Waals surface area contributed by atoms with E-state index in [0.717, 1.165) is 5.88 Å². The first-order valence-electron chi connectivity index (χ1n) is 3.45. The Kier molecular flexibility index (Phi) is 3.17. The Morgan fingerprint density at radius 1 is 1.36 bits per heavy atom. The molecular weight excluding hydrogens is 154 g/mol. The first-order valence-corrected chi connectivity index (χ1v) is 4.43. The molecule has 0 radical (unpaired) electrons. The highest BCUT2D eigenvalue weighted by molar-refractivity contribution is 7.99. The van der Waals surface area contributed by atoms with Crippen molar-refractivity contribution in [2.75, 3.05) is 5.88 Å². The summed E-state index contributed by atoms with van der Waals surface area (Å²) in [4.78, 5) is 5.02. The number of benzene rings is 1. The molecule has 0 aliphatic rings. The lowest BCUT2D eigenvalue weighted by atomic mass is 10.2. The molecule has 11 heavy (non-hydrogen) atoms. The van der Waals surface area contributed by atoms with Gasteiger partial charge >= 0.3 is 0 Å². The Hall–Kier alpha value is -0.760. The third-order valence-electron chi connectivity index (χ3n) is 1.34. The second-order valence-corrected chi connectivity index (χ2v) is 3.33. The molecular formula is C9H11NS. The molecule has 0 aromatic heterocycles. The average molecular weight is 165 g/mol. The van der Waals surface area contributed by atoms with Gasteiger partial charge in [-0.15, -0.1) is 11.8 Å². The van der Waals surface area contributed by atoms with Crippen molar-refractivity contribution >= 4 is 18.5 Å². The van der Waals surface area contributed by atoms with Crippen LogP contribution in [-0.2, 0) is 0 Å². The number of nitrogens with zero attached hydrogens (tertiary/aromatic N) is 1. The van der Waals surface area contributed by atoms with Crippen molar-refractivity contribution in [3.05, 3.63) is 29.8 Å². The van der Waals surface area contributed by atoms with Crippen LogP contribution in [-0.4, -0.2) is 12.6 Å². The van der Waals surface area contributed by atoms with Crippen molar-refractivity contribution in [3.63, 3.8) is 0 Å². The van der Waals surface area contributed by atoms with Crippen LogP contribution in [0.15, 0.2) is 34.2 Å². The molecule has 2 heteroatoms. The molecule has 0 bridgehead atoms. The van der Waals surface area contributed by atoms with Gasteiger partial charge < -0.3 is 0 Å². The highest BCUT2D eigenvalue weighted by atomic mass is 32.2. The maximum absolute atomic E-state index is 3.77. The Labute approximate surface area is 71.5 Å². The van der Waals surface area contributed by atoms with Crippen LogP contribution in [0.5, 0.6) is 0 Å². The maximum atomic E-state index is 3.77. The van der Waals surface area contributed by atoms with Crippen LogP contribution in [0.3, 0.4) is 0 Å². The Morgan fingerprint density at radius 2 is 2.00 bits per heavy atom. The number of aliphatic imine (C=N–C) groups is 1. The highest BCUT2D eigenvalue weighted by Gasteiger charge is 1.89. The molecule has 0 spiro atoms. The van der Waals surface area contributed by atoms with E-state index in [1.54, 1.807) is 11.8 Å². The van der Waals surface area contributed by atoms with Gasteiger partial charge in [-0.1, -0.05) is 17.7 Å². The Bertz CT molecular complexity index is 228. The summed E-state index contributed by atoms with van der Waals surface area (Å²) in [5.41, 5.74) is 1.29. The van der Waals surface area contributed by atoms with Gasteiger partial charge in [-0.05, 0) is 25.8 Å². The van der Waals surface area contributed by atoms with E-state index < -0.39 is 0 Å². The van der Waals surface area contributed by atoms with Gasteiger partial charge in [0.2, 0.25) is 0 Å². The summed E-state index contributed by atoms with van der Waals surface area (Å²) in [6, 6.07) is 8.41. The zero-order valence-electron chi connectivity index (χ0n) is 6.58. The minimum absolute atomic E-state index is 0.739. The van der Waals surface area contributed by atoms with Crippen LogP contribution < -0.4 is 0 Å². The summed E-state index contributed by atoms with van der Waals surface area (Å²) in [5, 5.41) is 0. The fourth-order valence-electron chi connectivity index (χ4n) is 0.755. The number of thioether (sulfide) groups is 1.